The zero-order chi connectivity index (χ0) is 41.1. The lowest BCUT2D eigenvalue weighted by atomic mass is 9.41. The quantitative estimate of drug-likeness (QED) is 0.133. The van der Waals surface area contributed by atoms with Crippen molar-refractivity contribution in [3.63, 3.8) is 0 Å². The number of carbonyl (C=O) groups excluding carboxylic acids is 1. The van der Waals surface area contributed by atoms with Gasteiger partial charge in [0.15, 0.2) is 12.6 Å². The third kappa shape index (κ3) is 6.16. The molecular formula is C42H70O14. The summed E-state index contributed by atoms with van der Waals surface area (Å²) in [6.45, 7) is 13.7. The van der Waals surface area contributed by atoms with E-state index in [-0.39, 0.29) is 57.0 Å². The van der Waals surface area contributed by atoms with E-state index in [9.17, 15) is 50.8 Å². The van der Waals surface area contributed by atoms with Gasteiger partial charge in [-0.2, -0.15) is 0 Å². The predicted octanol–water partition coefficient (Wildman–Crippen LogP) is 1.02. The monoisotopic (exact) mass is 798 g/mol. The lowest BCUT2D eigenvalue weighted by Crippen LogP contribution is -2.66. The fourth-order valence-corrected chi connectivity index (χ4v) is 14.4. The number of hydrogen-bond donors (Lipinski definition) is 9. The molecule has 0 radical (unpaired) electrons. The number of carbonyl (C=O) groups is 1. The molecule has 7 aliphatic rings. The first-order chi connectivity index (χ1) is 26.2. The highest BCUT2D eigenvalue weighted by Crippen LogP contribution is 2.89. The Bertz CT molecular complexity index is 1440. The van der Waals surface area contributed by atoms with Crippen LogP contribution in [-0.2, 0) is 23.7 Å². The van der Waals surface area contributed by atoms with Gasteiger partial charge in [-0.1, -0.05) is 48.5 Å². The average Bonchev–Trinajstić information content (AvgIpc) is 3.78. The number of rotatable bonds is 11. The third-order valence-electron chi connectivity index (χ3n) is 17.5. The number of aliphatic hydroxyl groups excluding tert-OH is 9. The van der Waals surface area contributed by atoms with Crippen LogP contribution in [0.3, 0.4) is 0 Å². The standard InChI is InChI=1S/C42H70O14/c1-19(2)21(45)9-8-20(3)29-22(46)14-39(6)26-11-10-25-38(4,5)28(12-13-41(25)18-42(26,41)27(47)15-40(29,39)7)55-37-35(33(51)31(49)24(17-44)54-37)56-36-34(52)32(50)30(48)23(16-43)53-36/h19-20,22-37,43-44,46-52H,8-18H2,1-7H3/t20-,22+,23-,24-,25-,26+,27-,28+,29+,30-,31-,32+,33+,34-,35-,36+,37+,39+,40-,41-,42+/m1/s1. The van der Waals surface area contributed by atoms with Gasteiger partial charge >= 0.3 is 0 Å². The molecule has 7 rings (SSSR count). The Morgan fingerprint density at radius 2 is 1.34 bits per heavy atom. The van der Waals surface area contributed by atoms with Crippen LogP contribution in [0, 0.1) is 56.7 Å². The first kappa shape index (κ1) is 43.2. The average molecular weight is 799 g/mol. The van der Waals surface area contributed by atoms with Gasteiger partial charge in [0.1, 0.15) is 54.6 Å². The minimum atomic E-state index is -1.76. The molecule has 322 valence electrons. The van der Waals surface area contributed by atoms with Gasteiger partial charge in [-0.05, 0) is 96.7 Å². The molecule has 0 bridgehead atoms. The minimum absolute atomic E-state index is 0.0160. The van der Waals surface area contributed by atoms with Crippen molar-refractivity contribution in [2.75, 3.05) is 13.2 Å². The summed E-state index contributed by atoms with van der Waals surface area (Å²) < 4.78 is 24.3. The zero-order valence-corrected chi connectivity index (χ0v) is 34.2. The minimum Gasteiger partial charge on any atom is -0.394 e. The number of hydrogen-bond acceptors (Lipinski definition) is 14. The maximum Gasteiger partial charge on any atom is 0.187 e. The summed E-state index contributed by atoms with van der Waals surface area (Å²) in [6.07, 6.45) is -10.1. The van der Waals surface area contributed by atoms with Crippen LogP contribution in [0.25, 0.3) is 0 Å². The molecule has 14 nitrogen and oxygen atoms in total. The van der Waals surface area contributed by atoms with E-state index < -0.39 is 98.4 Å². The lowest BCUT2D eigenvalue weighted by molar-refractivity contribution is -0.377. The highest BCUT2D eigenvalue weighted by molar-refractivity contribution is 5.80. The number of aliphatic hydroxyl groups is 9. The number of Topliss-reactive ketones (excluding diaryl/α,β-unsaturated/α-hetero) is 1. The van der Waals surface area contributed by atoms with Crippen LogP contribution in [0.5, 0.6) is 0 Å². The molecule has 0 amide bonds. The summed E-state index contributed by atoms with van der Waals surface area (Å²) in [5, 5.41) is 97.6. The highest BCUT2D eigenvalue weighted by atomic mass is 16.8. The van der Waals surface area contributed by atoms with E-state index in [1.54, 1.807) is 0 Å². The number of ether oxygens (including phenoxy) is 4. The second kappa shape index (κ2) is 15.0. The Hall–Kier alpha value is -0.850. The molecule has 5 saturated carbocycles. The first-order valence-electron chi connectivity index (χ1n) is 21.3. The fraction of sp³-hybridized carbons (Fsp3) is 0.976. The SMILES string of the molecule is CC(C)C(=O)CC[C@@H](C)[C@H]1[C@@H](O)C[C@@]2(C)[C@@H]3CC[C@@H]4C(C)(C)[C@@H](O[C@@H]5O[C@H](CO)[C@@H](O)[C@H](O)[C@H]5O[C@@H]5O[C@H](CO)[C@@H](O)[C@H](O)[C@H]5O)CC[C@@]45C[C@@]35[C@H](O)C[C@]12C. The Morgan fingerprint density at radius 3 is 1.96 bits per heavy atom. The summed E-state index contributed by atoms with van der Waals surface area (Å²) in [7, 11) is 0. The maximum absolute atomic E-state index is 12.6. The van der Waals surface area contributed by atoms with Crippen LogP contribution in [-0.4, -0.2) is 145 Å². The van der Waals surface area contributed by atoms with E-state index in [0.717, 1.165) is 32.1 Å². The molecule has 0 aromatic rings. The molecule has 5 aliphatic carbocycles. The molecule has 2 saturated heterocycles. The van der Waals surface area contributed by atoms with Gasteiger partial charge < -0.3 is 64.9 Å². The van der Waals surface area contributed by atoms with Gasteiger partial charge in [0.2, 0.25) is 0 Å². The number of fused-ring (bicyclic) bond motifs is 2. The Balaban J connectivity index is 1.11. The van der Waals surface area contributed by atoms with Crippen LogP contribution >= 0.6 is 0 Å². The van der Waals surface area contributed by atoms with E-state index in [0.29, 0.717) is 25.7 Å². The third-order valence-corrected chi connectivity index (χ3v) is 17.5. The van der Waals surface area contributed by atoms with Crippen molar-refractivity contribution in [3.8, 4) is 0 Å². The maximum atomic E-state index is 12.6. The fourth-order valence-electron chi connectivity index (χ4n) is 14.4. The first-order valence-corrected chi connectivity index (χ1v) is 21.3. The van der Waals surface area contributed by atoms with E-state index in [1.807, 2.05) is 13.8 Å². The number of ketones is 1. The Morgan fingerprint density at radius 1 is 0.732 bits per heavy atom. The predicted molar refractivity (Wildman–Crippen MR) is 199 cm³/mol. The van der Waals surface area contributed by atoms with Gasteiger partial charge in [-0.15, -0.1) is 0 Å². The molecular weight excluding hydrogens is 728 g/mol. The highest BCUT2D eigenvalue weighted by Gasteiger charge is 2.85. The normalized spacial score (nSPS) is 54.1. The molecule has 7 fully saturated rings. The van der Waals surface area contributed by atoms with Gasteiger partial charge in [-0.3, -0.25) is 4.79 Å². The molecule has 21 atom stereocenters. The Kier molecular flexibility index (Phi) is 11.5. The van der Waals surface area contributed by atoms with Crippen LogP contribution in [0.2, 0.25) is 0 Å². The van der Waals surface area contributed by atoms with Crippen molar-refractivity contribution in [2.45, 2.75) is 186 Å². The van der Waals surface area contributed by atoms with Gasteiger partial charge in [0.25, 0.3) is 0 Å². The molecule has 14 heteroatoms. The van der Waals surface area contributed by atoms with Gasteiger partial charge in [0.05, 0.1) is 31.5 Å². The van der Waals surface area contributed by atoms with E-state index in [4.69, 9.17) is 18.9 Å². The molecule has 56 heavy (non-hydrogen) atoms. The van der Waals surface area contributed by atoms with Crippen LogP contribution < -0.4 is 0 Å². The molecule has 2 aliphatic heterocycles. The molecule has 2 heterocycles. The summed E-state index contributed by atoms with van der Waals surface area (Å²) in [5.41, 5.74) is -1.38. The van der Waals surface area contributed by atoms with E-state index in [1.165, 1.54) is 0 Å². The molecule has 9 N–H and O–H groups in total. The smallest absolute Gasteiger partial charge is 0.187 e. The summed E-state index contributed by atoms with van der Waals surface area (Å²) in [6, 6.07) is 0. The second-order valence-electron chi connectivity index (χ2n) is 20.5. The molecule has 0 aromatic carbocycles. The van der Waals surface area contributed by atoms with Crippen molar-refractivity contribution in [1.29, 1.82) is 0 Å². The molecule has 0 unspecified atom stereocenters. The second-order valence-corrected chi connectivity index (χ2v) is 20.5. The molecule has 2 spiro atoms. The van der Waals surface area contributed by atoms with Crippen molar-refractivity contribution in [1.82, 2.24) is 0 Å². The van der Waals surface area contributed by atoms with Crippen molar-refractivity contribution in [2.24, 2.45) is 56.7 Å². The van der Waals surface area contributed by atoms with Crippen LogP contribution in [0.15, 0.2) is 0 Å². The van der Waals surface area contributed by atoms with Crippen LogP contribution in [0.4, 0.5) is 0 Å². The van der Waals surface area contributed by atoms with Crippen molar-refractivity contribution < 1.29 is 69.7 Å². The summed E-state index contributed by atoms with van der Waals surface area (Å²) >= 11 is 0. The van der Waals surface area contributed by atoms with Crippen molar-refractivity contribution in [3.05, 3.63) is 0 Å². The summed E-state index contributed by atoms with van der Waals surface area (Å²) in [5.74, 6) is 0.729. The van der Waals surface area contributed by atoms with Crippen LogP contribution in [0.1, 0.15) is 106 Å². The molecule has 0 aromatic heterocycles. The van der Waals surface area contributed by atoms with Gasteiger partial charge in [0, 0.05) is 17.8 Å². The Labute approximate surface area is 330 Å². The largest absolute Gasteiger partial charge is 0.394 e. The van der Waals surface area contributed by atoms with Crippen molar-refractivity contribution >= 4 is 5.78 Å². The zero-order valence-electron chi connectivity index (χ0n) is 34.2. The van der Waals surface area contributed by atoms with E-state index >= 15 is 0 Å². The van der Waals surface area contributed by atoms with Gasteiger partial charge in [-0.25, -0.2) is 0 Å². The van der Waals surface area contributed by atoms with E-state index in [2.05, 4.69) is 34.6 Å². The summed E-state index contributed by atoms with van der Waals surface area (Å²) in [4.78, 5) is 12.6. The topological polar surface area (TPSA) is 236 Å². The lowest BCUT2D eigenvalue weighted by Gasteiger charge is -2.64.